The summed E-state index contributed by atoms with van der Waals surface area (Å²) < 4.78 is 32.7. The molecule has 1 fully saturated rings. The summed E-state index contributed by atoms with van der Waals surface area (Å²) in [5.74, 6) is -0.352. The molecule has 0 radical (unpaired) electrons. The van der Waals surface area contributed by atoms with E-state index in [2.05, 4.69) is 27.2 Å². The summed E-state index contributed by atoms with van der Waals surface area (Å²) in [7, 11) is -3.64. The minimum atomic E-state index is -3.64. The van der Waals surface area contributed by atoms with Gasteiger partial charge in [-0.15, -0.1) is 10.2 Å². The second kappa shape index (κ2) is 9.55. The van der Waals surface area contributed by atoms with Crippen LogP contribution in [0, 0.1) is 0 Å². The number of carbonyl (C=O) groups is 1. The van der Waals surface area contributed by atoms with Gasteiger partial charge in [0.2, 0.25) is 15.2 Å². The predicted molar refractivity (Wildman–Crippen MR) is 107 cm³/mol. The van der Waals surface area contributed by atoms with Crippen LogP contribution in [0.5, 0.6) is 0 Å². The molecule has 8 nitrogen and oxygen atoms in total. The Labute approximate surface area is 168 Å². The summed E-state index contributed by atoms with van der Waals surface area (Å²) >= 11 is 1.35. The number of anilines is 1. The van der Waals surface area contributed by atoms with E-state index in [1.807, 2.05) is 0 Å². The second-order valence-corrected chi connectivity index (χ2v) is 9.40. The highest BCUT2D eigenvalue weighted by Crippen LogP contribution is 2.19. The molecule has 0 bridgehead atoms. The SMILES string of the molecule is CCCCc1nnc(NC(=O)c2ccc(S(=O)(=O)NCC3CCCO3)cc2)s1. The number of hydrogen-bond donors (Lipinski definition) is 2. The number of carbonyl (C=O) groups excluding carboxylic acids is 1. The van der Waals surface area contributed by atoms with Crippen LogP contribution in [0.2, 0.25) is 0 Å². The maximum atomic E-state index is 12.4. The predicted octanol–water partition coefficient (Wildman–Crippen LogP) is 2.59. The van der Waals surface area contributed by atoms with Crippen LogP contribution in [0.4, 0.5) is 5.13 Å². The van der Waals surface area contributed by atoms with Crippen molar-refractivity contribution < 1.29 is 17.9 Å². The number of aryl methyl sites for hydroxylation is 1. The zero-order valence-corrected chi connectivity index (χ0v) is 17.3. The van der Waals surface area contributed by atoms with Crippen LogP contribution >= 0.6 is 11.3 Å². The molecule has 1 amide bonds. The van der Waals surface area contributed by atoms with Crippen LogP contribution in [-0.4, -0.2) is 43.8 Å². The Morgan fingerprint density at radius 1 is 1.29 bits per heavy atom. The fraction of sp³-hybridized carbons (Fsp3) is 0.500. The largest absolute Gasteiger partial charge is 0.377 e. The van der Waals surface area contributed by atoms with Crippen molar-refractivity contribution in [2.75, 3.05) is 18.5 Å². The van der Waals surface area contributed by atoms with Gasteiger partial charge < -0.3 is 4.74 Å². The zero-order valence-electron chi connectivity index (χ0n) is 15.7. The number of ether oxygens (including phenoxy) is 1. The molecular formula is C18H24N4O4S2. The van der Waals surface area contributed by atoms with Crippen molar-refractivity contribution in [3.8, 4) is 0 Å². The lowest BCUT2D eigenvalue weighted by atomic mass is 10.2. The molecule has 0 saturated carbocycles. The van der Waals surface area contributed by atoms with Crippen molar-refractivity contribution in [2.45, 2.75) is 50.0 Å². The zero-order chi connectivity index (χ0) is 20.0. The third-order valence-electron chi connectivity index (χ3n) is 4.38. The standard InChI is InChI=1S/C18H24N4O4S2/c1-2-3-6-16-21-22-18(27-16)20-17(23)13-7-9-15(10-8-13)28(24,25)19-12-14-5-4-11-26-14/h7-10,14,19H,2-6,11-12H2,1H3,(H,20,22,23). The van der Waals surface area contributed by atoms with Crippen molar-refractivity contribution in [3.05, 3.63) is 34.8 Å². The summed E-state index contributed by atoms with van der Waals surface area (Å²) in [4.78, 5) is 12.5. The first-order valence-corrected chi connectivity index (χ1v) is 11.6. The van der Waals surface area contributed by atoms with Gasteiger partial charge in [0.15, 0.2) is 0 Å². The number of amides is 1. The molecule has 2 N–H and O–H groups in total. The summed E-state index contributed by atoms with van der Waals surface area (Å²) in [6.07, 6.45) is 4.67. The van der Waals surface area contributed by atoms with E-state index in [1.165, 1.54) is 35.6 Å². The van der Waals surface area contributed by atoms with Gasteiger partial charge in [-0.25, -0.2) is 13.1 Å². The Hall–Kier alpha value is -1.88. The van der Waals surface area contributed by atoms with E-state index in [0.717, 1.165) is 37.1 Å². The number of rotatable bonds is 9. The topological polar surface area (TPSA) is 110 Å². The Balaban J connectivity index is 1.58. The van der Waals surface area contributed by atoms with E-state index in [1.54, 1.807) is 0 Å². The van der Waals surface area contributed by atoms with Gasteiger partial charge in [0.25, 0.3) is 5.91 Å². The van der Waals surface area contributed by atoms with Crippen LogP contribution in [0.1, 0.15) is 48.0 Å². The molecule has 3 rings (SSSR count). The van der Waals surface area contributed by atoms with E-state index in [0.29, 0.717) is 17.3 Å². The number of nitrogens with zero attached hydrogens (tertiary/aromatic N) is 2. The third-order valence-corrected chi connectivity index (χ3v) is 6.72. The summed E-state index contributed by atoms with van der Waals surface area (Å²) in [5.41, 5.74) is 0.350. The number of unbranched alkanes of at least 4 members (excludes halogenated alkanes) is 1. The van der Waals surface area contributed by atoms with Gasteiger partial charge in [0.05, 0.1) is 11.0 Å². The Morgan fingerprint density at radius 3 is 2.75 bits per heavy atom. The third kappa shape index (κ3) is 5.57. The normalized spacial score (nSPS) is 17.0. The van der Waals surface area contributed by atoms with Crippen LogP contribution < -0.4 is 10.0 Å². The molecule has 1 aliphatic heterocycles. The summed E-state index contributed by atoms with van der Waals surface area (Å²) in [6, 6.07) is 5.79. The van der Waals surface area contributed by atoms with Gasteiger partial charge in [-0.05, 0) is 43.5 Å². The van der Waals surface area contributed by atoms with Gasteiger partial charge in [-0.1, -0.05) is 24.7 Å². The van der Waals surface area contributed by atoms with E-state index in [-0.39, 0.29) is 23.5 Å². The molecule has 28 heavy (non-hydrogen) atoms. The van der Waals surface area contributed by atoms with Crippen molar-refractivity contribution in [1.82, 2.24) is 14.9 Å². The van der Waals surface area contributed by atoms with E-state index >= 15 is 0 Å². The van der Waals surface area contributed by atoms with Gasteiger partial charge in [0, 0.05) is 25.1 Å². The molecule has 1 aromatic carbocycles. The molecule has 1 atom stereocenters. The number of nitrogens with one attached hydrogen (secondary N) is 2. The molecule has 1 aliphatic rings. The molecule has 0 aliphatic carbocycles. The lowest BCUT2D eigenvalue weighted by Gasteiger charge is -2.11. The highest BCUT2D eigenvalue weighted by molar-refractivity contribution is 7.89. The molecule has 1 saturated heterocycles. The first-order chi connectivity index (χ1) is 13.5. The average Bonchev–Trinajstić information content (AvgIpc) is 3.37. The number of aromatic nitrogens is 2. The number of hydrogen-bond acceptors (Lipinski definition) is 7. The molecule has 0 spiro atoms. The highest BCUT2D eigenvalue weighted by atomic mass is 32.2. The summed E-state index contributed by atoms with van der Waals surface area (Å²) in [5, 5.41) is 12.0. The Bertz CT molecular complexity index is 891. The highest BCUT2D eigenvalue weighted by Gasteiger charge is 2.20. The number of sulfonamides is 1. The van der Waals surface area contributed by atoms with Gasteiger partial charge >= 0.3 is 0 Å². The Morgan fingerprint density at radius 2 is 2.07 bits per heavy atom. The average molecular weight is 425 g/mol. The maximum Gasteiger partial charge on any atom is 0.257 e. The fourth-order valence-electron chi connectivity index (χ4n) is 2.78. The molecule has 2 aromatic rings. The summed E-state index contributed by atoms with van der Waals surface area (Å²) in [6.45, 7) is 3.03. The Kier molecular flexibility index (Phi) is 7.11. The van der Waals surface area contributed by atoms with Crippen LogP contribution in [0.15, 0.2) is 29.2 Å². The van der Waals surface area contributed by atoms with Crippen molar-refractivity contribution in [3.63, 3.8) is 0 Å². The first-order valence-electron chi connectivity index (χ1n) is 9.33. The second-order valence-electron chi connectivity index (χ2n) is 6.57. The molecule has 1 aromatic heterocycles. The molecule has 10 heteroatoms. The quantitative estimate of drug-likeness (QED) is 0.640. The number of benzene rings is 1. The fourth-order valence-corrected chi connectivity index (χ4v) is 4.62. The van der Waals surface area contributed by atoms with E-state index < -0.39 is 10.0 Å². The first kappa shape index (κ1) is 20.8. The maximum absolute atomic E-state index is 12.4. The van der Waals surface area contributed by atoms with Crippen molar-refractivity contribution in [1.29, 1.82) is 0 Å². The van der Waals surface area contributed by atoms with Crippen LogP contribution in [0.25, 0.3) is 0 Å². The molecule has 1 unspecified atom stereocenters. The lowest BCUT2D eigenvalue weighted by molar-refractivity contribution is 0.102. The van der Waals surface area contributed by atoms with Crippen molar-refractivity contribution >= 4 is 32.4 Å². The van der Waals surface area contributed by atoms with Crippen LogP contribution in [-0.2, 0) is 21.2 Å². The van der Waals surface area contributed by atoms with Gasteiger partial charge in [0.1, 0.15) is 5.01 Å². The van der Waals surface area contributed by atoms with Crippen LogP contribution in [0.3, 0.4) is 0 Å². The molecule has 152 valence electrons. The van der Waals surface area contributed by atoms with Gasteiger partial charge in [-0.2, -0.15) is 0 Å². The minimum absolute atomic E-state index is 0.0750. The minimum Gasteiger partial charge on any atom is -0.377 e. The van der Waals surface area contributed by atoms with E-state index in [9.17, 15) is 13.2 Å². The van der Waals surface area contributed by atoms with Crippen molar-refractivity contribution in [2.24, 2.45) is 0 Å². The van der Waals surface area contributed by atoms with Gasteiger partial charge in [-0.3, -0.25) is 10.1 Å². The lowest BCUT2D eigenvalue weighted by Crippen LogP contribution is -2.31. The molecular weight excluding hydrogens is 400 g/mol. The molecule has 2 heterocycles. The smallest absolute Gasteiger partial charge is 0.257 e. The monoisotopic (exact) mass is 424 g/mol. The van der Waals surface area contributed by atoms with E-state index in [4.69, 9.17) is 4.74 Å².